The molecule has 0 aliphatic carbocycles. The van der Waals surface area contributed by atoms with Gasteiger partial charge in [0.2, 0.25) is 5.91 Å². The standard InChI is InChI=1S/C18H21NO4S/c1-13-9-11-14(12-10-13)19-17(20)16(18(22-2)23-3)24(21)15-7-5-4-6-8-15/h4-12,16,18H,1-3H3,(H,19,20)/t16-,24+/m0/s1. The van der Waals surface area contributed by atoms with E-state index in [1.54, 1.807) is 36.4 Å². The van der Waals surface area contributed by atoms with Crippen LogP contribution in [0.25, 0.3) is 0 Å². The van der Waals surface area contributed by atoms with Gasteiger partial charge in [-0.3, -0.25) is 9.00 Å². The first kappa shape index (κ1) is 18.3. The molecule has 2 rings (SSSR count). The van der Waals surface area contributed by atoms with Crippen LogP contribution in [0.2, 0.25) is 0 Å². The zero-order valence-electron chi connectivity index (χ0n) is 13.9. The molecule has 0 aliphatic heterocycles. The van der Waals surface area contributed by atoms with E-state index in [4.69, 9.17) is 9.47 Å². The zero-order chi connectivity index (χ0) is 17.5. The molecule has 0 fully saturated rings. The predicted octanol–water partition coefficient (Wildman–Crippen LogP) is 2.73. The van der Waals surface area contributed by atoms with Crippen molar-refractivity contribution >= 4 is 22.4 Å². The fourth-order valence-corrected chi connectivity index (χ4v) is 3.61. The van der Waals surface area contributed by atoms with Crippen LogP contribution in [0.4, 0.5) is 5.69 Å². The molecule has 5 nitrogen and oxygen atoms in total. The van der Waals surface area contributed by atoms with Gasteiger partial charge in [0, 0.05) is 24.8 Å². The summed E-state index contributed by atoms with van der Waals surface area (Å²) in [6, 6.07) is 16.2. The van der Waals surface area contributed by atoms with Gasteiger partial charge < -0.3 is 14.8 Å². The highest BCUT2D eigenvalue weighted by atomic mass is 32.2. The Balaban J connectivity index is 2.26. The Morgan fingerprint density at radius 2 is 1.58 bits per heavy atom. The van der Waals surface area contributed by atoms with E-state index in [0.717, 1.165) is 5.56 Å². The first-order valence-electron chi connectivity index (χ1n) is 7.45. The molecule has 2 atom stereocenters. The number of methoxy groups -OCH3 is 2. The Kier molecular flexibility index (Phi) is 6.66. The zero-order valence-corrected chi connectivity index (χ0v) is 14.7. The highest BCUT2D eigenvalue weighted by Crippen LogP contribution is 2.19. The average molecular weight is 347 g/mol. The van der Waals surface area contributed by atoms with E-state index in [-0.39, 0.29) is 0 Å². The maximum absolute atomic E-state index is 12.9. The lowest BCUT2D eigenvalue weighted by atomic mass is 10.2. The smallest absolute Gasteiger partial charge is 0.245 e. The molecule has 128 valence electrons. The van der Waals surface area contributed by atoms with Gasteiger partial charge in [-0.1, -0.05) is 35.9 Å². The minimum atomic E-state index is -1.62. The monoisotopic (exact) mass is 347 g/mol. The highest BCUT2D eigenvalue weighted by Gasteiger charge is 2.35. The molecule has 0 saturated heterocycles. The number of aryl methyl sites for hydroxylation is 1. The number of carbonyl (C=O) groups excluding carboxylic acids is 1. The van der Waals surface area contributed by atoms with Gasteiger partial charge in [-0.25, -0.2) is 0 Å². The van der Waals surface area contributed by atoms with Crippen LogP contribution in [0.1, 0.15) is 5.56 Å². The quantitative estimate of drug-likeness (QED) is 0.782. The van der Waals surface area contributed by atoms with Crippen molar-refractivity contribution in [1.29, 1.82) is 0 Å². The second kappa shape index (κ2) is 8.73. The van der Waals surface area contributed by atoms with Crippen LogP contribution in [0.3, 0.4) is 0 Å². The summed E-state index contributed by atoms with van der Waals surface area (Å²) >= 11 is 0. The summed E-state index contributed by atoms with van der Waals surface area (Å²) in [5.74, 6) is -0.422. The lowest BCUT2D eigenvalue weighted by molar-refractivity contribution is -0.133. The number of hydrogen-bond acceptors (Lipinski definition) is 4. The van der Waals surface area contributed by atoms with Gasteiger partial charge in [-0.05, 0) is 31.2 Å². The highest BCUT2D eigenvalue weighted by molar-refractivity contribution is 7.86. The molecular formula is C18H21NO4S. The van der Waals surface area contributed by atoms with E-state index >= 15 is 0 Å². The molecular weight excluding hydrogens is 326 g/mol. The molecule has 2 aromatic carbocycles. The van der Waals surface area contributed by atoms with Crippen molar-refractivity contribution in [3.63, 3.8) is 0 Å². The molecule has 0 radical (unpaired) electrons. The minimum absolute atomic E-state index is 0.422. The molecule has 2 aromatic rings. The first-order chi connectivity index (χ1) is 11.6. The normalized spacial score (nSPS) is 13.5. The van der Waals surface area contributed by atoms with Gasteiger partial charge in [0.25, 0.3) is 0 Å². The Bertz CT molecular complexity index is 684. The largest absolute Gasteiger partial charge is 0.354 e. The summed E-state index contributed by atoms with van der Waals surface area (Å²) in [5.41, 5.74) is 1.72. The first-order valence-corrected chi connectivity index (χ1v) is 8.67. The molecule has 0 spiro atoms. The van der Waals surface area contributed by atoms with E-state index in [2.05, 4.69) is 5.32 Å². The lowest BCUT2D eigenvalue weighted by Crippen LogP contribution is -2.43. The van der Waals surface area contributed by atoms with Crippen molar-refractivity contribution in [3.05, 3.63) is 60.2 Å². The van der Waals surface area contributed by atoms with Crippen LogP contribution in [0.15, 0.2) is 59.5 Å². The van der Waals surface area contributed by atoms with Crippen molar-refractivity contribution in [2.45, 2.75) is 23.4 Å². The number of ether oxygens (including phenoxy) is 2. The van der Waals surface area contributed by atoms with Crippen LogP contribution >= 0.6 is 0 Å². The fraction of sp³-hybridized carbons (Fsp3) is 0.278. The topological polar surface area (TPSA) is 64.6 Å². The van der Waals surface area contributed by atoms with Crippen molar-refractivity contribution < 1.29 is 18.5 Å². The van der Waals surface area contributed by atoms with Crippen LogP contribution in [-0.4, -0.2) is 35.9 Å². The number of anilines is 1. The van der Waals surface area contributed by atoms with Crippen molar-refractivity contribution in [2.75, 3.05) is 19.5 Å². The van der Waals surface area contributed by atoms with Crippen molar-refractivity contribution in [1.82, 2.24) is 0 Å². The van der Waals surface area contributed by atoms with Gasteiger partial charge in [-0.2, -0.15) is 0 Å². The molecule has 1 N–H and O–H groups in total. The second-order valence-electron chi connectivity index (χ2n) is 5.23. The molecule has 0 bridgehead atoms. The minimum Gasteiger partial charge on any atom is -0.354 e. The van der Waals surface area contributed by atoms with Crippen LogP contribution in [0, 0.1) is 6.92 Å². The number of rotatable bonds is 7. The van der Waals surface area contributed by atoms with Crippen LogP contribution < -0.4 is 5.32 Å². The number of benzene rings is 2. The molecule has 0 unspecified atom stereocenters. The van der Waals surface area contributed by atoms with Gasteiger partial charge in [0.1, 0.15) is 0 Å². The summed E-state index contributed by atoms with van der Waals surface area (Å²) in [6.07, 6.45) is -0.920. The second-order valence-corrected chi connectivity index (χ2v) is 6.80. The SMILES string of the molecule is COC(OC)[C@H](C(=O)Nc1ccc(C)cc1)[S@](=O)c1ccccc1. The third-order valence-corrected chi connectivity index (χ3v) is 5.13. The van der Waals surface area contributed by atoms with Crippen LogP contribution in [-0.2, 0) is 25.1 Å². The number of carbonyl (C=O) groups is 1. The molecule has 0 aliphatic rings. The average Bonchev–Trinajstić information content (AvgIpc) is 2.61. The number of nitrogens with one attached hydrogen (secondary N) is 1. The molecule has 24 heavy (non-hydrogen) atoms. The van der Waals surface area contributed by atoms with Gasteiger partial charge in [-0.15, -0.1) is 0 Å². The maximum Gasteiger partial charge on any atom is 0.245 e. The molecule has 0 aromatic heterocycles. The fourth-order valence-electron chi connectivity index (χ4n) is 2.22. The Labute approximate surface area is 144 Å². The number of hydrogen-bond donors (Lipinski definition) is 1. The van der Waals surface area contributed by atoms with Crippen molar-refractivity contribution in [2.24, 2.45) is 0 Å². The Morgan fingerprint density at radius 1 is 1.00 bits per heavy atom. The summed E-state index contributed by atoms with van der Waals surface area (Å²) in [5, 5.41) is 1.78. The van der Waals surface area contributed by atoms with Gasteiger partial charge in [0.05, 0.1) is 10.8 Å². The molecule has 0 heterocycles. The van der Waals surface area contributed by atoms with E-state index in [9.17, 15) is 9.00 Å². The van der Waals surface area contributed by atoms with E-state index in [0.29, 0.717) is 10.6 Å². The van der Waals surface area contributed by atoms with Crippen molar-refractivity contribution in [3.8, 4) is 0 Å². The molecule has 0 saturated carbocycles. The molecule has 6 heteroatoms. The third kappa shape index (κ3) is 4.50. The Hall–Kier alpha value is -2.02. The van der Waals surface area contributed by atoms with Gasteiger partial charge >= 0.3 is 0 Å². The Morgan fingerprint density at radius 3 is 2.12 bits per heavy atom. The summed E-state index contributed by atoms with van der Waals surface area (Å²) in [7, 11) is 1.22. The summed E-state index contributed by atoms with van der Waals surface area (Å²) in [4.78, 5) is 13.2. The maximum atomic E-state index is 12.9. The van der Waals surface area contributed by atoms with E-state index in [1.165, 1.54) is 14.2 Å². The summed E-state index contributed by atoms with van der Waals surface area (Å²) < 4.78 is 23.3. The third-order valence-electron chi connectivity index (χ3n) is 3.50. The number of amides is 1. The van der Waals surface area contributed by atoms with E-state index in [1.807, 2.05) is 25.1 Å². The molecule has 1 amide bonds. The lowest BCUT2D eigenvalue weighted by Gasteiger charge is -2.23. The van der Waals surface area contributed by atoms with E-state index < -0.39 is 28.2 Å². The predicted molar refractivity (Wildman–Crippen MR) is 94.3 cm³/mol. The van der Waals surface area contributed by atoms with Crippen LogP contribution in [0.5, 0.6) is 0 Å². The summed E-state index contributed by atoms with van der Waals surface area (Å²) in [6.45, 7) is 1.96. The van der Waals surface area contributed by atoms with Gasteiger partial charge in [0.15, 0.2) is 11.5 Å².